The number of hydroxylamine groups is 2. The number of carbonyl (C=O) groups excluding carboxylic acids is 2. The topological polar surface area (TPSA) is 65.1 Å². The molecule has 0 saturated carbocycles. The highest BCUT2D eigenvalue weighted by atomic mass is 16.7. The van der Waals surface area contributed by atoms with Gasteiger partial charge in [0, 0.05) is 13.5 Å². The molecule has 16 heavy (non-hydrogen) atoms. The van der Waals surface area contributed by atoms with Crippen LogP contribution in [0.4, 0.5) is 0 Å². The minimum atomic E-state index is -1.51. The van der Waals surface area contributed by atoms with E-state index >= 15 is 0 Å². The number of esters is 2. The number of hydrogen-bond acceptors (Lipinski definition) is 6. The molecule has 0 spiro atoms. The van der Waals surface area contributed by atoms with Crippen LogP contribution in [0.2, 0.25) is 0 Å². The van der Waals surface area contributed by atoms with Crippen molar-refractivity contribution in [3.8, 4) is 0 Å². The van der Waals surface area contributed by atoms with E-state index in [1.807, 2.05) is 0 Å². The van der Waals surface area contributed by atoms with E-state index in [2.05, 4.69) is 9.47 Å². The fourth-order valence-electron chi connectivity index (χ4n) is 2.03. The lowest BCUT2D eigenvalue weighted by atomic mass is 9.88. The molecule has 0 aliphatic carbocycles. The smallest absolute Gasteiger partial charge is 0.340 e. The van der Waals surface area contributed by atoms with Crippen LogP contribution in [0.3, 0.4) is 0 Å². The molecular weight excluding hydrogens is 214 g/mol. The maximum Gasteiger partial charge on any atom is 0.340 e. The number of rotatable bonds is 2. The van der Waals surface area contributed by atoms with E-state index in [0.29, 0.717) is 0 Å². The van der Waals surface area contributed by atoms with Crippen molar-refractivity contribution in [1.82, 2.24) is 5.06 Å². The van der Waals surface area contributed by atoms with Crippen LogP contribution in [0.15, 0.2) is 0 Å². The molecule has 0 aromatic rings. The lowest BCUT2D eigenvalue weighted by molar-refractivity contribution is -0.213. The molecule has 0 unspecified atom stereocenters. The van der Waals surface area contributed by atoms with Crippen LogP contribution in [0.25, 0.3) is 0 Å². The van der Waals surface area contributed by atoms with Gasteiger partial charge in [-0.05, 0) is 13.8 Å². The zero-order valence-electron chi connectivity index (χ0n) is 10.2. The Labute approximate surface area is 94.4 Å². The lowest BCUT2D eigenvalue weighted by Crippen LogP contribution is -2.55. The molecule has 1 rings (SSSR count). The Morgan fingerprint density at radius 3 is 1.88 bits per heavy atom. The third kappa shape index (κ3) is 1.78. The van der Waals surface area contributed by atoms with Crippen LogP contribution < -0.4 is 0 Å². The summed E-state index contributed by atoms with van der Waals surface area (Å²) in [6, 6.07) is 0. The molecule has 6 heteroatoms. The predicted molar refractivity (Wildman–Crippen MR) is 54.3 cm³/mol. The van der Waals surface area contributed by atoms with Gasteiger partial charge in [0.15, 0.2) is 0 Å². The molecule has 0 bridgehead atoms. The first-order valence-electron chi connectivity index (χ1n) is 4.90. The van der Waals surface area contributed by atoms with Crippen LogP contribution in [-0.2, 0) is 23.9 Å². The summed E-state index contributed by atoms with van der Waals surface area (Å²) < 4.78 is 9.33. The van der Waals surface area contributed by atoms with Gasteiger partial charge in [0.05, 0.1) is 19.8 Å². The van der Waals surface area contributed by atoms with E-state index in [0.717, 1.165) is 0 Å². The zero-order chi connectivity index (χ0) is 12.6. The van der Waals surface area contributed by atoms with Crippen molar-refractivity contribution < 1.29 is 23.9 Å². The van der Waals surface area contributed by atoms with Crippen molar-refractivity contribution >= 4 is 11.9 Å². The van der Waals surface area contributed by atoms with Crippen molar-refractivity contribution in [3.05, 3.63) is 0 Å². The van der Waals surface area contributed by atoms with Gasteiger partial charge in [-0.1, -0.05) is 0 Å². The summed E-state index contributed by atoms with van der Waals surface area (Å²) in [7, 11) is 3.97. The monoisotopic (exact) mass is 231 g/mol. The van der Waals surface area contributed by atoms with Crippen LogP contribution in [-0.4, -0.2) is 49.4 Å². The second-order valence-corrected chi connectivity index (χ2v) is 4.37. The Kier molecular flexibility index (Phi) is 3.25. The molecule has 0 amide bonds. The second kappa shape index (κ2) is 4.03. The number of hydrogen-bond donors (Lipinski definition) is 0. The van der Waals surface area contributed by atoms with Crippen molar-refractivity contribution in [2.24, 2.45) is 0 Å². The highest BCUT2D eigenvalue weighted by molar-refractivity contribution is 6.05. The summed E-state index contributed by atoms with van der Waals surface area (Å²) in [6.45, 7) is 3.58. The van der Waals surface area contributed by atoms with Gasteiger partial charge >= 0.3 is 11.9 Å². The largest absolute Gasteiger partial charge is 0.467 e. The fraction of sp³-hybridized carbons (Fsp3) is 0.800. The Balaban J connectivity index is 3.16. The third-order valence-corrected chi connectivity index (χ3v) is 2.65. The van der Waals surface area contributed by atoms with Gasteiger partial charge in [-0.15, -0.1) is 0 Å². The fourth-order valence-corrected chi connectivity index (χ4v) is 2.03. The quantitative estimate of drug-likeness (QED) is 0.496. The minimum Gasteiger partial charge on any atom is -0.467 e. The van der Waals surface area contributed by atoms with E-state index in [1.165, 1.54) is 26.3 Å². The molecule has 1 fully saturated rings. The average Bonchev–Trinajstić information content (AvgIpc) is 2.47. The third-order valence-electron chi connectivity index (χ3n) is 2.65. The molecule has 1 heterocycles. The number of methoxy groups -OCH3 is 2. The standard InChI is InChI=1S/C10H17NO5/c1-9(2)6-10(7(12)14-4,8(13)15-5)11(3)16-9/h6H2,1-5H3. The first kappa shape index (κ1) is 12.9. The molecule has 92 valence electrons. The summed E-state index contributed by atoms with van der Waals surface area (Å²) in [4.78, 5) is 29.0. The Bertz CT molecular complexity index is 296. The molecular formula is C10H17NO5. The summed E-state index contributed by atoms with van der Waals surface area (Å²) >= 11 is 0. The summed E-state index contributed by atoms with van der Waals surface area (Å²) in [6.07, 6.45) is 0.190. The number of ether oxygens (including phenoxy) is 2. The highest BCUT2D eigenvalue weighted by Gasteiger charge is 2.61. The molecule has 1 aliphatic heterocycles. The molecule has 0 aromatic heterocycles. The van der Waals surface area contributed by atoms with Crippen molar-refractivity contribution in [1.29, 1.82) is 0 Å². The number of likely N-dealkylation sites (N-methyl/N-ethyl adjacent to an activating group) is 1. The van der Waals surface area contributed by atoms with E-state index in [-0.39, 0.29) is 6.42 Å². The van der Waals surface area contributed by atoms with Crippen LogP contribution in [0.1, 0.15) is 20.3 Å². The Morgan fingerprint density at radius 2 is 1.62 bits per heavy atom. The second-order valence-electron chi connectivity index (χ2n) is 4.37. The summed E-state index contributed by atoms with van der Waals surface area (Å²) in [5.74, 6) is -1.35. The highest BCUT2D eigenvalue weighted by Crippen LogP contribution is 2.38. The molecule has 0 N–H and O–H groups in total. The average molecular weight is 231 g/mol. The molecule has 1 aliphatic rings. The summed E-state index contributed by atoms with van der Waals surface area (Å²) in [5.41, 5.74) is -2.12. The number of nitrogens with zero attached hydrogens (tertiary/aromatic N) is 1. The van der Waals surface area contributed by atoms with Gasteiger partial charge < -0.3 is 9.47 Å². The number of carbonyl (C=O) groups is 2. The molecule has 0 aromatic carbocycles. The van der Waals surface area contributed by atoms with Gasteiger partial charge in [-0.3, -0.25) is 4.84 Å². The van der Waals surface area contributed by atoms with E-state index in [9.17, 15) is 9.59 Å². The molecule has 6 nitrogen and oxygen atoms in total. The molecule has 0 radical (unpaired) electrons. The van der Waals surface area contributed by atoms with Gasteiger partial charge in [-0.2, -0.15) is 5.06 Å². The first-order valence-corrected chi connectivity index (χ1v) is 4.90. The first-order chi connectivity index (χ1) is 7.30. The van der Waals surface area contributed by atoms with E-state index in [4.69, 9.17) is 4.84 Å². The van der Waals surface area contributed by atoms with Gasteiger partial charge in [0.2, 0.25) is 5.54 Å². The van der Waals surface area contributed by atoms with Crippen molar-refractivity contribution in [3.63, 3.8) is 0 Å². The Morgan fingerprint density at radius 1 is 1.19 bits per heavy atom. The maximum absolute atomic E-state index is 11.8. The normalized spacial score (nSPS) is 22.8. The zero-order valence-corrected chi connectivity index (χ0v) is 10.2. The van der Waals surface area contributed by atoms with E-state index < -0.39 is 23.1 Å². The van der Waals surface area contributed by atoms with Gasteiger partial charge in [0.25, 0.3) is 0 Å². The molecule has 0 atom stereocenters. The summed E-state index contributed by atoms with van der Waals surface area (Å²) in [5, 5.41) is 1.21. The van der Waals surface area contributed by atoms with Gasteiger partial charge in [-0.25, -0.2) is 9.59 Å². The predicted octanol–water partition coefficient (Wildman–Crippen LogP) is 0.117. The minimum absolute atomic E-state index is 0.190. The van der Waals surface area contributed by atoms with Crippen LogP contribution in [0.5, 0.6) is 0 Å². The Hall–Kier alpha value is -1.14. The lowest BCUT2D eigenvalue weighted by Gasteiger charge is -2.27. The van der Waals surface area contributed by atoms with Crippen LogP contribution >= 0.6 is 0 Å². The van der Waals surface area contributed by atoms with Crippen molar-refractivity contribution in [2.45, 2.75) is 31.4 Å². The van der Waals surface area contributed by atoms with Gasteiger partial charge in [0.1, 0.15) is 0 Å². The van der Waals surface area contributed by atoms with E-state index in [1.54, 1.807) is 13.8 Å². The van der Waals surface area contributed by atoms with Crippen molar-refractivity contribution in [2.75, 3.05) is 21.3 Å². The molecule has 1 saturated heterocycles. The SMILES string of the molecule is COC(=O)C1(C(=O)OC)CC(C)(C)ON1C. The van der Waals surface area contributed by atoms with Crippen LogP contribution in [0, 0.1) is 0 Å². The maximum atomic E-state index is 11.8.